The van der Waals surface area contributed by atoms with Crippen molar-refractivity contribution in [2.45, 2.75) is 39.3 Å². The van der Waals surface area contributed by atoms with Crippen LogP contribution in [0.4, 0.5) is 0 Å². The van der Waals surface area contributed by atoms with E-state index in [9.17, 15) is 4.79 Å². The fourth-order valence-electron chi connectivity index (χ4n) is 3.00. The maximum Gasteiger partial charge on any atom is 0.240 e. The molecule has 3 nitrogen and oxygen atoms in total. The smallest absolute Gasteiger partial charge is 0.240 e. The average molecular weight is 260 g/mol. The molecule has 1 aromatic carbocycles. The third kappa shape index (κ3) is 2.98. The van der Waals surface area contributed by atoms with Crippen LogP contribution >= 0.6 is 0 Å². The van der Waals surface area contributed by atoms with Gasteiger partial charge in [0, 0.05) is 19.1 Å². The van der Waals surface area contributed by atoms with Crippen LogP contribution in [-0.4, -0.2) is 47.4 Å². The molecule has 1 heterocycles. The summed E-state index contributed by atoms with van der Waals surface area (Å²) >= 11 is 0. The molecule has 1 fully saturated rings. The Morgan fingerprint density at radius 3 is 2.42 bits per heavy atom. The Bertz CT molecular complexity index is 418. The monoisotopic (exact) mass is 260 g/mol. The summed E-state index contributed by atoms with van der Waals surface area (Å²) in [6, 6.07) is 10.6. The molecule has 1 amide bonds. The highest BCUT2D eigenvalue weighted by Gasteiger charge is 2.36. The molecule has 2 unspecified atom stereocenters. The zero-order chi connectivity index (χ0) is 13.8. The number of amides is 1. The van der Waals surface area contributed by atoms with E-state index in [0.29, 0.717) is 6.04 Å². The van der Waals surface area contributed by atoms with Crippen molar-refractivity contribution in [3.63, 3.8) is 0 Å². The summed E-state index contributed by atoms with van der Waals surface area (Å²) in [6.45, 7) is 9.07. The molecule has 0 bridgehead atoms. The Kier molecular flexibility index (Phi) is 4.59. The third-order valence-corrected chi connectivity index (χ3v) is 4.06. The topological polar surface area (TPSA) is 23.6 Å². The number of rotatable bonds is 4. The van der Waals surface area contributed by atoms with Crippen LogP contribution in [0.25, 0.3) is 0 Å². The summed E-state index contributed by atoms with van der Waals surface area (Å²) in [5.41, 5.74) is 1.24. The molecule has 0 aliphatic carbocycles. The standard InChI is InChI=1S/C16H24N2O/c1-4-17-12-13(3)18(5-2)16(19)15(17)11-14-9-7-6-8-10-14/h6-10,13,15H,4-5,11-12H2,1-3H3. The van der Waals surface area contributed by atoms with E-state index >= 15 is 0 Å². The molecule has 0 N–H and O–H groups in total. The van der Waals surface area contributed by atoms with Gasteiger partial charge in [-0.3, -0.25) is 9.69 Å². The summed E-state index contributed by atoms with van der Waals surface area (Å²) in [5.74, 6) is 0.284. The number of piperazine rings is 1. The predicted molar refractivity (Wildman–Crippen MR) is 78.0 cm³/mol. The van der Waals surface area contributed by atoms with E-state index in [2.05, 4.69) is 37.8 Å². The highest BCUT2D eigenvalue weighted by molar-refractivity contribution is 5.83. The number of hydrogen-bond donors (Lipinski definition) is 0. The van der Waals surface area contributed by atoms with Gasteiger partial charge in [0.15, 0.2) is 0 Å². The molecular weight excluding hydrogens is 236 g/mol. The second kappa shape index (κ2) is 6.20. The summed E-state index contributed by atoms with van der Waals surface area (Å²) < 4.78 is 0. The van der Waals surface area contributed by atoms with Gasteiger partial charge in [0.2, 0.25) is 5.91 Å². The molecule has 0 spiro atoms. The van der Waals surface area contributed by atoms with E-state index in [1.807, 2.05) is 23.1 Å². The summed E-state index contributed by atoms with van der Waals surface area (Å²) in [5, 5.41) is 0. The van der Waals surface area contributed by atoms with Gasteiger partial charge in [0.1, 0.15) is 0 Å². The fourth-order valence-corrected chi connectivity index (χ4v) is 3.00. The first-order chi connectivity index (χ1) is 9.17. The Morgan fingerprint density at radius 1 is 1.16 bits per heavy atom. The van der Waals surface area contributed by atoms with Crippen LogP contribution in [0.1, 0.15) is 26.3 Å². The zero-order valence-electron chi connectivity index (χ0n) is 12.2. The fraction of sp³-hybridized carbons (Fsp3) is 0.562. The molecule has 19 heavy (non-hydrogen) atoms. The number of benzene rings is 1. The van der Waals surface area contributed by atoms with Gasteiger partial charge in [-0.2, -0.15) is 0 Å². The minimum Gasteiger partial charge on any atom is -0.338 e. The average Bonchev–Trinajstić information content (AvgIpc) is 2.43. The molecule has 0 radical (unpaired) electrons. The zero-order valence-corrected chi connectivity index (χ0v) is 12.2. The second-order valence-electron chi connectivity index (χ2n) is 5.27. The Labute approximate surface area is 116 Å². The lowest BCUT2D eigenvalue weighted by Crippen LogP contribution is -2.61. The Balaban J connectivity index is 2.17. The van der Waals surface area contributed by atoms with Crippen LogP contribution in [0.5, 0.6) is 0 Å². The van der Waals surface area contributed by atoms with Gasteiger partial charge < -0.3 is 4.90 Å². The quantitative estimate of drug-likeness (QED) is 0.828. The minimum atomic E-state index is 0.00329. The van der Waals surface area contributed by atoms with Gasteiger partial charge in [-0.25, -0.2) is 0 Å². The number of nitrogens with zero attached hydrogens (tertiary/aromatic N) is 2. The molecular formula is C16H24N2O. The van der Waals surface area contributed by atoms with E-state index in [4.69, 9.17) is 0 Å². The molecule has 0 saturated carbocycles. The lowest BCUT2D eigenvalue weighted by molar-refractivity contribution is -0.145. The molecule has 1 aromatic rings. The third-order valence-electron chi connectivity index (χ3n) is 4.06. The van der Waals surface area contributed by atoms with Gasteiger partial charge >= 0.3 is 0 Å². The van der Waals surface area contributed by atoms with Crippen LogP contribution in [0.2, 0.25) is 0 Å². The largest absolute Gasteiger partial charge is 0.338 e. The van der Waals surface area contributed by atoms with Gasteiger partial charge in [-0.1, -0.05) is 37.3 Å². The number of likely N-dealkylation sites (N-methyl/N-ethyl adjacent to an activating group) is 2. The first-order valence-electron chi connectivity index (χ1n) is 7.25. The molecule has 104 valence electrons. The first kappa shape index (κ1) is 14.1. The van der Waals surface area contributed by atoms with Gasteiger partial charge in [0.25, 0.3) is 0 Å². The van der Waals surface area contributed by atoms with Crippen molar-refractivity contribution in [3.05, 3.63) is 35.9 Å². The van der Waals surface area contributed by atoms with Crippen LogP contribution in [0, 0.1) is 0 Å². The van der Waals surface area contributed by atoms with Crippen molar-refractivity contribution < 1.29 is 4.79 Å². The van der Waals surface area contributed by atoms with Crippen molar-refractivity contribution in [2.24, 2.45) is 0 Å². The SMILES string of the molecule is CCN1CC(C)N(CC)C(=O)C1Cc1ccccc1. The summed E-state index contributed by atoms with van der Waals surface area (Å²) in [6.07, 6.45) is 0.816. The molecule has 2 rings (SSSR count). The molecule has 1 aliphatic rings. The number of carbonyl (C=O) groups excluding carboxylic acids is 1. The highest BCUT2D eigenvalue weighted by Crippen LogP contribution is 2.19. The van der Waals surface area contributed by atoms with Crippen molar-refractivity contribution >= 4 is 5.91 Å². The van der Waals surface area contributed by atoms with Crippen LogP contribution in [-0.2, 0) is 11.2 Å². The van der Waals surface area contributed by atoms with Gasteiger partial charge in [0.05, 0.1) is 6.04 Å². The van der Waals surface area contributed by atoms with E-state index < -0.39 is 0 Å². The van der Waals surface area contributed by atoms with Crippen molar-refractivity contribution in [1.82, 2.24) is 9.80 Å². The predicted octanol–water partition coefficient (Wildman–Crippen LogP) is 2.17. The molecule has 1 aliphatic heterocycles. The maximum atomic E-state index is 12.6. The first-order valence-corrected chi connectivity index (χ1v) is 7.25. The van der Waals surface area contributed by atoms with E-state index in [1.165, 1.54) is 5.56 Å². The van der Waals surface area contributed by atoms with Gasteiger partial charge in [-0.05, 0) is 32.4 Å². The molecule has 1 saturated heterocycles. The van der Waals surface area contributed by atoms with E-state index in [1.54, 1.807) is 0 Å². The lowest BCUT2D eigenvalue weighted by Gasteiger charge is -2.44. The maximum absolute atomic E-state index is 12.6. The minimum absolute atomic E-state index is 0.00329. The van der Waals surface area contributed by atoms with Crippen molar-refractivity contribution in [3.8, 4) is 0 Å². The van der Waals surface area contributed by atoms with E-state index in [0.717, 1.165) is 26.1 Å². The van der Waals surface area contributed by atoms with Crippen LogP contribution in [0.3, 0.4) is 0 Å². The second-order valence-corrected chi connectivity index (χ2v) is 5.27. The van der Waals surface area contributed by atoms with Gasteiger partial charge in [-0.15, -0.1) is 0 Å². The van der Waals surface area contributed by atoms with E-state index in [-0.39, 0.29) is 11.9 Å². The van der Waals surface area contributed by atoms with Crippen LogP contribution < -0.4 is 0 Å². The molecule has 2 atom stereocenters. The molecule has 3 heteroatoms. The number of hydrogen-bond acceptors (Lipinski definition) is 2. The number of carbonyl (C=O) groups is 1. The Hall–Kier alpha value is -1.35. The Morgan fingerprint density at radius 2 is 1.84 bits per heavy atom. The lowest BCUT2D eigenvalue weighted by atomic mass is 9.99. The summed E-state index contributed by atoms with van der Waals surface area (Å²) in [7, 11) is 0. The van der Waals surface area contributed by atoms with Crippen LogP contribution in [0.15, 0.2) is 30.3 Å². The molecule has 0 aromatic heterocycles. The normalized spacial score (nSPS) is 24.8. The summed E-state index contributed by atoms with van der Waals surface area (Å²) in [4.78, 5) is 17.0. The van der Waals surface area contributed by atoms with Crippen molar-refractivity contribution in [1.29, 1.82) is 0 Å². The highest BCUT2D eigenvalue weighted by atomic mass is 16.2. The van der Waals surface area contributed by atoms with Crippen molar-refractivity contribution in [2.75, 3.05) is 19.6 Å².